The van der Waals surface area contributed by atoms with E-state index in [4.69, 9.17) is 20.8 Å². The first-order valence-electron chi connectivity index (χ1n) is 13.9. The molecule has 6 heteroatoms. The highest BCUT2D eigenvalue weighted by molar-refractivity contribution is 6.74. The molecule has 3 atom stereocenters. The van der Waals surface area contributed by atoms with Crippen LogP contribution < -0.4 is 4.90 Å². The van der Waals surface area contributed by atoms with Gasteiger partial charge < -0.3 is 14.1 Å². The summed E-state index contributed by atoms with van der Waals surface area (Å²) in [6, 6.07) is 9.37. The Morgan fingerprint density at radius 2 is 1.86 bits per heavy atom. The van der Waals surface area contributed by atoms with E-state index in [0.29, 0.717) is 12.5 Å². The van der Waals surface area contributed by atoms with Crippen LogP contribution in [-0.2, 0) is 14.0 Å². The molecule has 2 rings (SSSR count). The van der Waals surface area contributed by atoms with Gasteiger partial charge in [-0.25, -0.2) is 0 Å². The Kier molecular flexibility index (Phi) is 12.5. The molecule has 1 fully saturated rings. The van der Waals surface area contributed by atoms with Crippen molar-refractivity contribution in [1.29, 1.82) is 0 Å². The molecular weight excluding hydrogens is 486 g/mol. The van der Waals surface area contributed by atoms with Crippen molar-refractivity contribution in [2.75, 3.05) is 18.6 Å². The fourth-order valence-electron chi connectivity index (χ4n) is 4.52. The van der Waals surface area contributed by atoms with E-state index in [1.807, 2.05) is 0 Å². The summed E-state index contributed by atoms with van der Waals surface area (Å²) in [4.78, 5) is 13.7. The Balaban J connectivity index is 2.07. The zero-order chi connectivity index (χ0) is 26.8. The predicted molar refractivity (Wildman–Crippen MR) is 157 cm³/mol. The molecule has 36 heavy (non-hydrogen) atoms. The third-order valence-electron chi connectivity index (χ3n) is 7.90. The van der Waals surface area contributed by atoms with E-state index in [2.05, 4.69) is 82.1 Å². The third-order valence-corrected chi connectivity index (χ3v) is 12.9. The van der Waals surface area contributed by atoms with Crippen molar-refractivity contribution in [3.63, 3.8) is 0 Å². The molecule has 4 nitrogen and oxygen atoms in total. The number of unbranched alkanes of at least 4 members (excludes halogenated alkanes) is 3. The average Bonchev–Trinajstić information content (AvgIpc) is 3.20. The number of benzene rings is 1. The molecule has 1 aromatic rings. The SMILES string of the molecule is CCCCCC(O[Si](C)(C)C(C)(C)C)c1ccc(N2CC[C@@H](Cl)[C@@H]2C/C=C\CCCC(=O)OC)cc1. The summed E-state index contributed by atoms with van der Waals surface area (Å²) in [5.74, 6) is -0.142. The van der Waals surface area contributed by atoms with Crippen LogP contribution in [0.4, 0.5) is 5.69 Å². The number of rotatable bonds is 14. The molecule has 0 aliphatic carbocycles. The number of esters is 1. The molecule has 1 saturated heterocycles. The van der Waals surface area contributed by atoms with E-state index in [1.54, 1.807) is 0 Å². The van der Waals surface area contributed by atoms with Crippen molar-refractivity contribution in [2.24, 2.45) is 0 Å². The Labute approximate surface area is 226 Å². The molecule has 0 bridgehead atoms. The second-order valence-electron chi connectivity index (χ2n) is 11.7. The maximum Gasteiger partial charge on any atom is 0.305 e. The summed E-state index contributed by atoms with van der Waals surface area (Å²) in [7, 11) is -0.426. The number of methoxy groups -OCH3 is 1. The number of anilines is 1. The lowest BCUT2D eigenvalue weighted by atomic mass is 10.0. The molecule has 1 aliphatic heterocycles. The van der Waals surface area contributed by atoms with Crippen LogP contribution in [0.2, 0.25) is 18.1 Å². The maximum atomic E-state index is 11.3. The molecule has 0 aromatic heterocycles. The largest absolute Gasteiger partial charge is 0.469 e. The molecule has 0 N–H and O–H groups in total. The van der Waals surface area contributed by atoms with Gasteiger partial charge in [0.1, 0.15) is 0 Å². The first kappa shape index (κ1) is 30.9. The van der Waals surface area contributed by atoms with E-state index in [-0.39, 0.29) is 22.5 Å². The number of hydrogen-bond donors (Lipinski definition) is 0. The summed E-state index contributed by atoms with van der Waals surface area (Å²) in [6.07, 6.45) is 13.4. The number of carbonyl (C=O) groups is 1. The van der Waals surface area contributed by atoms with E-state index in [9.17, 15) is 4.79 Å². The van der Waals surface area contributed by atoms with Crippen molar-refractivity contribution in [2.45, 2.75) is 121 Å². The normalized spacial score (nSPS) is 19.7. The summed E-state index contributed by atoms with van der Waals surface area (Å²) in [5.41, 5.74) is 2.54. The lowest BCUT2D eigenvalue weighted by Gasteiger charge is -2.39. The molecule has 204 valence electrons. The van der Waals surface area contributed by atoms with Crippen LogP contribution in [0.1, 0.15) is 97.1 Å². The lowest BCUT2D eigenvalue weighted by molar-refractivity contribution is -0.140. The fourth-order valence-corrected chi connectivity index (χ4v) is 6.17. The number of nitrogens with zero attached hydrogens (tertiary/aromatic N) is 1. The van der Waals surface area contributed by atoms with Crippen molar-refractivity contribution < 1.29 is 14.0 Å². The van der Waals surface area contributed by atoms with E-state index >= 15 is 0 Å². The number of hydrogen-bond acceptors (Lipinski definition) is 4. The van der Waals surface area contributed by atoms with Crippen molar-refractivity contribution >= 4 is 31.6 Å². The molecule has 0 spiro atoms. The van der Waals surface area contributed by atoms with Crippen LogP contribution >= 0.6 is 11.6 Å². The van der Waals surface area contributed by atoms with E-state index < -0.39 is 8.32 Å². The fraction of sp³-hybridized carbons (Fsp3) is 0.700. The van der Waals surface area contributed by atoms with Gasteiger partial charge in [-0.15, -0.1) is 11.6 Å². The molecule has 0 amide bonds. The van der Waals surface area contributed by atoms with Crippen LogP contribution in [0, 0.1) is 0 Å². The van der Waals surface area contributed by atoms with Gasteiger partial charge in [-0.3, -0.25) is 4.79 Å². The standard InChI is InChI=1S/C30H50ClNO3Si/c1-8-9-12-16-28(35-36(6,7)30(2,3)4)24-18-20-25(21-19-24)32-23-22-26(31)27(32)15-13-10-11-14-17-29(33)34-5/h10,13,18-21,26-28H,8-9,11-12,14-17,22-23H2,1-7H3/b13-10-/t26-,27+,28?/m1/s1. The van der Waals surface area contributed by atoms with Gasteiger partial charge in [-0.05, 0) is 67.9 Å². The third kappa shape index (κ3) is 9.22. The molecule has 1 heterocycles. The van der Waals surface area contributed by atoms with Gasteiger partial charge in [-0.1, -0.05) is 71.2 Å². The highest BCUT2D eigenvalue weighted by Crippen LogP contribution is 2.41. The molecular formula is C30H50ClNO3Si. The Hall–Kier alpha value is -1.30. The number of allylic oxidation sites excluding steroid dienone is 1. The molecule has 1 unspecified atom stereocenters. The van der Waals surface area contributed by atoms with Crippen LogP contribution in [-0.4, -0.2) is 39.4 Å². The Morgan fingerprint density at radius 3 is 2.47 bits per heavy atom. The minimum absolute atomic E-state index is 0.142. The monoisotopic (exact) mass is 535 g/mol. The second kappa shape index (κ2) is 14.6. The van der Waals surface area contributed by atoms with Crippen LogP contribution in [0.15, 0.2) is 36.4 Å². The smallest absolute Gasteiger partial charge is 0.305 e. The number of halogens is 1. The molecule has 0 radical (unpaired) electrons. The van der Waals surface area contributed by atoms with Gasteiger partial charge in [0.2, 0.25) is 0 Å². The summed E-state index contributed by atoms with van der Waals surface area (Å²) in [5, 5.41) is 0.342. The minimum atomic E-state index is -1.86. The number of ether oxygens (including phenoxy) is 1. The lowest BCUT2D eigenvalue weighted by Crippen LogP contribution is -2.41. The van der Waals surface area contributed by atoms with Crippen LogP contribution in [0.25, 0.3) is 0 Å². The highest BCUT2D eigenvalue weighted by Gasteiger charge is 2.39. The number of alkyl halides is 1. The number of carbonyl (C=O) groups excluding carboxylic acids is 1. The summed E-state index contributed by atoms with van der Waals surface area (Å²) < 4.78 is 11.6. The summed E-state index contributed by atoms with van der Waals surface area (Å²) in [6.45, 7) is 14.9. The highest BCUT2D eigenvalue weighted by atomic mass is 35.5. The second-order valence-corrected chi connectivity index (χ2v) is 17.0. The quantitative estimate of drug-likeness (QED) is 0.0784. The van der Waals surface area contributed by atoms with Gasteiger partial charge in [0.15, 0.2) is 8.32 Å². The Morgan fingerprint density at radius 1 is 1.17 bits per heavy atom. The van der Waals surface area contributed by atoms with Gasteiger partial charge in [0.05, 0.1) is 18.6 Å². The van der Waals surface area contributed by atoms with Crippen molar-refractivity contribution in [1.82, 2.24) is 0 Å². The van der Waals surface area contributed by atoms with E-state index in [0.717, 1.165) is 38.6 Å². The van der Waals surface area contributed by atoms with Gasteiger partial charge in [0, 0.05) is 24.7 Å². The average molecular weight is 536 g/mol. The zero-order valence-electron chi connectivity index (χ0n) is 23.8. The molecule has 1 aromatic carbocycles. The van der Waals surface area contributed by atoms with Gasteiger partial charge in [-0.2, -0.15) is 0 Å². The molecule has 0 saturated carbocycles. The van der Waals surface area contributed by atoms with Crippen molar-refractivity contribution in [3.05, 3.63) is 42.0 Å². The summed E-state index contributed by atoms with van der Waals surface area (Å²) >= 11 is 6.74. The zero-order valence-corrected chi connectivity index (χ0v) is 25.6. The Bertz CT molecular complexity index is 818. The topological polar surface area (TPSA) is 38.8 Å². The minimum Gasteiger partial charge on any atom is -0.469 e. The predicted octanol–water partition coefficient (Wildman–Crippen LogP) is 8.81. The van der Waals surface area contributed by atoms with Crippen LogP contribution in [0.5, 0.6) is 0 Å². The van der Waals surface area contributed by atoms with Gasteiger partial charge in [0.25, 0.3) is 0 Å². The molecule has 1 aliphatic rings. The van der Waals surface area contributed by atoms with Gasteiger partial charge >= 0.3 is 5.97 Å². The first-order valence-corrected chi connectivity index (χ1v) is 17.2. The maximum absolute atomic E-state index is 11.3. The van der Waals surface area contributed by atoms with Crippen LogP contribution in [0.3, 0.4) is 0 Å². The first-order chi connectivity index (χ1) is 17.0. The van der Waals surface area contributed by atoms with Crippen molar-refractivity contribution in [3.8, 4) is 0 Å². The van der Waals surface area contributed by atoms with E-state index in [1.165, 1.54) is 37.6 Å².